The molecule has 0 amide bonds. The van der Waals surface area contributed by atoms with E-state index in [1.165, 1.54) is 0 Å². The number of alkyl halides is 1. The molecule has 96 valence electrons. The molecule has 0 aromatic carbocycles. The van der Waals surface area contributed by atoms with Crippen LogP contribution in [0.1, 0.15) is 20.3 Å². The van der Waals surface area contributed by atoms with E-state index >= 15 is 0 Å². The fraction of sp³-hybridized carbons (Fsp3) is 1.00. The molecule has 2 N–H and O–H groups in total. The molecule has 0 spiro atoms. The van der Waals surface area contributed by atoms with Gasteiger partial charge < -0.3 is 5.32 Å². The summed E-state index contributed by atoms with van der Waals surface area (Å²) in [4.78, 5) is 0. The first-order valence-corrected chi connectivity index (χ1v) is 7.17. The summed E-state index contributed by atoms with van der Waals surface area (Å²) in [5.41, 5.74) is 0. The second kappa shape index (κ2) is 6.67. The van der Waals surface area contributed by atoms with Crippen molar-refractivity contribution in [2.24, 2.45) is 0 Å². The number of piperidine rings is 1. The van der Waals surface area contributed by atoms with E-state index in [1.807, 2.05) is 0 Å². The summed E-state index contributed by atoms with van der Waals surface area (Å²) in [5, 5.41) is 5.69. The van der Waals surface area contributed by atoms with E-state index in [9.17, 15) is 8.96 Å². The van der Waals surface area contributed by atoms with Gasteiger partial charge in [-0.25, -0.2) is 14.0 Å². The third-order valence-corrected chi connectivity index (χ3v) is 4.16. The lowest BCUT2D eigenvalue weighted by molar-refractivity contribution is 0.175. The molecule has 0 aliphatic carbocycles. The number of rotatable bonds is 6. The van der Waals surface area contributed by atoms with Crippen molar-refractivity contribution in [3.05, 3.63) is 0 Å². The van der Waals surface area contributed by atoms with Gasteiger partial charge in [0.25, 0.3) is 0 Å². The Morgan fingerprint density at radius 1 is 1.44 bits per heavy atom. The Labute approximate surface area is 95.7 Å². The van der Waals surface area contributed by atoms with E-state index in [-0.39, 0.29) is 13.2 Å². The summed E-state index contributed by atoms with van der Waals surface area (Å²) in [6, 6.07) is -0.516. The molecule has 0 aromatic rings. The zero-order chi connectivity index (χ0) is 12.0. The molecule has 0 radical (unpaired) electrons. The van der Waals surface area contributed by atoms with Crippen molar-refractivity contribution in [1.82, 2.24) is 10.4 Å². The van der Waals surface area contributed by atoms with Crippen LogP contribution < -0.4 is 10.4 Å². The van der Waals surface area contributed by atoms with Gasteiger partial charge in [0.05, 0.1) is 19.3 Å². The van der Waals surface area contributed by atoms with Crippen molar-refractivity contribution >= 4 is 7.75 Å². The van der Waals surface area contributed by atoms with Crippen molar-refractivity contribution in [3.63, 3.8) is 0 Å². The number of nitrogens with one attached hydrogen (secondary N) is 2. The van der Waals surface area contributed by atoms with Gasteiger partial charge >= 0.3 is 7.75 Å². The molecule has 7 heteroatoms. The van der Waals surface area contributed by atoms with E-state index < -0.39 is 20.0 Å². The molecular weight excluding hydrogens is 234 g/mol. The summed E-state index contributed by atoms with van der Waals surface area (Å²) in [7, 11) is -3.36. The minimum Gasteiger partial charge on any atom is -0.315 e. The summed E-state index contributed by atoms with van der Waals surface area (Å²) in [5.74, 6) is 0. The number of halogens is 1. The van der Waals surface area contributed by atoms with Crippen LogP contribution in [-0.2, 0) is 13.6 Å². The average Bonchev–Trinajstić information content (AvgIpc) is 2.22. The average molecular weight is 254 g/mol. The zero-order valence-electron chi connectivity index (χ0n) is 9.74. The third kappa shape index (κ3) is 4.11. The Morgan fingerprint density at radius 3 is 2.56 bits per heavy atom. The molecule has 1 aliphatic rings. The molecule has 1 saturated heterocycles. The lowest BCUT2D eigenvalue weighted by atomic mass is 10.1. The van der Waals surface area contributed by atoms with Gasteiger partial charge in [0, 0.05) is 6.54 Å². The topological polar surface area (TPSA) is 59.6 Å². The Morgan fingerprint density at radius 2 is 2.06 bits per heavy atom. The Kier molecular flexibility index (Phi) is 5.86. The minimum absolute atomic E-state index is 0.265. The maximum Gasteiger partial charge on any atom is 0.405 e. The van der Waals surface area contributed by atoms with Crippen molar-refractivity contribution in [3.8, 4) is 0 Å². The second-order valence-corrected chi connectivity index (χ2v) is 5.35. The molecule has 5 nitrogen and oxygen atoms in total. The van der Waals surface area contributed by atoms with Crippen molar-refractivity contribution in [2.45, 2.75) is 32.5 Å². The summed E-state index contributed by atoms with van der Waals surface area (Å²) >= 11 is 0. The molecule has 16 heavy (non-hydrogen) atoms. The van der Waals surface area contributed by atoms with Crippen molar-refractivity contribution in [2.75, 3.05) is 26.3 Å². The quantitative estimate of drug-likeness (QED) is 0.703. The fourth-order valence-electron chi connectivity index (χ4n) is 1.61. The van der Waals surface area contributed by atoms with Crippen molar-refractivity contribution < 1.29 is 18.0 Å². The Hall–Kier alpha value is -0.0000000000000000208. The van der Waals surface area contributed by atoms with Gasteiger partial charge in [0.15, 0.2) is 0 Å². The van der Waals surface area contributed by atoms with Crippen LogP contribution in [-0.4, -0.2) is 38.5 Å². The summed E-state index contributed by atoms with van der Waals surface area (Å²) in [6.45, 7) is 5.06. The fourth-order valence-corrected chi connectivity index (χ4v) is 3.17. The van der Waals surface area contributed by atoms with Crippen LogP contribution in [0.15, 0.2) is 0 Å². The highest BCUT2D eigenvalue weighted by Crippen LogP contribution is 2.44. The van der Waals surface area contributed by atoms with E-state index in [0.29, 0.717) is 19.5 Å². The predicted molar refractivity (Wildman–Crippen MR) is 60.2 cm³/mol. The first-order chi connectivity index (χ1) is 7.61. The number of hydrogen-bond acceptors (Lipinski definition) is 4. The van der Waals surface area contributed by atoms with E-state index in [2.05, 4.69) is 10.4 Å². The molecule has 2 unspecified atom stereocenters. The molecule has 1 heterocycles. The van der Waals surface area contributed by atoms with Gasteiger partial charge in [-0.3, -0.25) is 9.05 Å². The Balaban J connectivity index is 2.55. The Bertz CT molecular complexity index is 245. The molecule has 1 aliphatic heterocycles. The predicted octanol–water partition coefficient (Wildman–Crippen LogP) is 1.46. The zero-order valence-corrected chi connectivity index (χ0v) is 10.6. The van der Waals surface area contributed by atoms with Gasteiger partial charge in [-0.1, -0.05) is 0 Å². The van der Waals surface area contributed by atoms with E-state index in [0.717, 1.165) is 0 Å². The highest BCUT2D eigenvalue weighted by molar-refractivity contribution is 7.51. The van der Waals surface area contributed by atoms with Gasteiger partial charge in [-0.15, -0.1) is 0 Å². The van der Waals surface area contributed by atoms with E-state index in [1.54, 1.807) is 13.8 Å². The van der Waals surface area contributed by atoms with Gasteiger partial charge in [-0.2, -0.15) is 0 Å². The highest BCUT2D eigenvalue weighted by atomic mass is 31.2. The standard InChI is InChI=1S/C9H20FN2O3P/c1-3-14-16(13,15-4-2)12-9-7-11-6-5-8(9)10/h8-9,11H,3-7H2,1-2H3,(H,12,13). The van der Waals surface area contributed by atoms with Crippen LogP contribution in [0, 0.1) is 0 Å². The summed E-state index contributed by atoms with van der Waals surface area (Å²) < 4.78 is 35.7. The third-order valence-electron chi connectivity index (χ3n) is 2.32. The van der Waals surface area contributed by atoms with Crippen LogP contribution in [0.5, 0.6) is 0 Å². The molecule has 2 atom stereocenters. The van der Waals surface area contributed by atoms with Gasteiger partial charge in [0.2, 0.25) is 0 Å². The van der Waals surface area contributed by atoms with Gasteiger partial charge in [-0.05, 0) is 26.8 Å². The largest absolute Gasteiger partial charge is 0.405 e. The van der Waals surface area contributed by atoms with E-state index in [4.69, 9.17) is 9.05 Å². The molecular formula is C9H20FN2O3P. The minimum atomic E-state index is -3.36. The van der Waals surface area contributed by atoms with Gasteiger partial charge in [0.1, 0.15) is 6.17 Å². The van der Waals surface area contributed by atoms with Crippen LogP contribution >= 0.6 is 7.75 Å². The van der Waals surface area contributed by atoms with Crippen LogP contribution in [0.2, 0.25) is 0 Å². The molecule has 1 rings (SSSR count). The normalized spacial score (nSPS) is 26.9. The molecule has 0 saturated carbocycles. The first kappa shape index (κ1) is 14.1. The van der Waals surface area contributed by atoms with Crippen LogP contribution in [0.4, 0.5) is 4.39 Å². The smallest absolute Gasteiger partial charge is 0.315 e. The SMILES string of the molecule is CCOP(=O)(NC1CNCCC1F)OCC. The second-order valence-electron chi connectivity index (χ2n) is 3.58. The van der Waals surface area contributed by atoms with Crippen LogP contribution in [0.3, 0.4) is 0 Å². The lowest BCUT2D eigenvalue weighted by Gasteiger charge is -2.30. The first-order valence-electron chi connectivity index (χ1n) is 5.63. The summed E-state index contributed by atoms with van der Waals surface area (Å²) in [6.07, 6.45) is -0.605. The van der Waals surface area contributed by atoms with Crippen LogP contribution in [0.25, 0.3) is 0 Å². The maximum absolute atomic E-state index is 13.5. The molecule has 0 bridgehead atoms. The lowest BCUT2D eigenvalue weighted by Crippen LogP contribution is -2.49. The van der Waals surface area contributed by atoms with Crippen molar-refractivity contribution in [1.29, 1.82) is 0 Å². The highest BCUT2D eigenvalue weighted by Gasteiger charge is 2.33. The monoisotopic (exact) mass is 254 g/mol. The molecule has 1 fully saturated rings. The number of hydrogen-bond donors (Lipinski definition) is 2. The maximum atomic E-state index is 13.5. The molecule has 0 aromatic heterocycles.